The predicted octanol–water partition coefficient (Wildman–Crippen LogP) is 2.83. The highest BCUT2D eigenvalue weighted by Gasteiger charge is 2.29. The van der Waals surface area contributed by atoms with Gasteiger partial charge in [0.25, 0.3) is 0 Å². The second-order valence-corrected chi connectivity index (χ2v) is 8.76. The molecule has 32 heavy (non-hydrogen) atoms. The minimum Gasteiger partial charge on any atom is -0.492 e. The number of nitrogens with one attached hydrogen (secondary N) is 2. The molecule has 4 N–H and O–H groups in total. The van der Waals surface area contributed by atoms with Gasteiger partial charge in [-0.3, -0.25) is 9.52 Å². The lowest BCUT2D eigenvalue weighted by molar-refractivity contribution is -0.117. The standard InChI is InChI=1S/C24H32N2O5S/c1-16-3-6-19(24-14-21(29)13-23(15-27)31-24)12-20(16)11-18-4-7-22(8-5-18)30-10-9-25-32-26-17(2)28/h3-8,12,21,23-25,27,29H,9-11,13-15H2,1-2H3,(H,26,28). The van der Waals surface area contributed by atoms with Crippen molar-refractivity contribution in [2.75, 3.05) is 19.8 Å². The summed E-state index contributed by atoms with van der Waals surface area (Å²) in [6.45, 7) is 4.58. The van der Waals surface area contributed by atoms with E-state index < -0.39 is 6.10 Å². The van der Waals surface area contributed by atoms with E-state index in [9.17, 15) is 15.0 Å². The minimum absolute atomic E-state index is 0.0785. The lowest BCUT2D eigenvalue weighted by atomic mass is 9.92. The SMILES string of the molecule is CC(=O)NSNCCOc1ccc(Cc2cc(C3CC(O)CC(CO)O3)ccc2C)cc1. The Morgan fingerprint density at radius 3 is 2.72 bits per heavy atom. The van der Waals surface area contributed by atoms with Gasteiger partial charge in [0.1, 0.15) is 12.4 Å². The van der Waals surface area contributed by atoms with Crippen molar-refractivity contribution in [3.8, 4) is 5.75 Å². The Morgan fingerprint density at radius 2 is 2.00 bits per heavy atom. The van der Waals surface area contributed by atoms with E-state index in [0.29, 0.717) is 26.0 Å². The number of carbonyl (C=O) groups excluding carboxylic acids is 1. The normalized spacial score (nSPS) is 20.7. The fraction of sp³-hybridized carbons (Fsp3) is 0.458. The van der Waals surface area contributed by atoms with E-state index >= 15 is 0 Å². The number of rotatable bonds is 10. The Labute approximate surface area is 193 Å². The van der Waals surface area contributed by atoms with Gasteiger partial charge in [0, 0.05) is 38.4 Å². The Hall–Kier alpha value is -2.10. The van der Waals surface area contributed by atoms with Gasteiger partial charge in [-0.05, 0) is 47.7 Å². The number of aryl methyl sites for hydroxylation is 1. The van der Waals surface area contributed by atoms with Gasteiger partial charge < -0.3 is 19.7 Å². The van der Waals surface area contributed by atoms with Crippen LogP contribution in [0.3, 0.4) is 0 Å². The molecule has 174 valence electrons. The largest absolute Gasteiger partial charge is 0.492 e. The van der Waals surface area contributed by atoms with Crippen LogP contribution in [0.25, 0.3) is 0 Å². The van der Waals surface area contributed by atoms with E-state index in [1.165, 1.54) is 23.6 Å². The summed E-state index contributed by atoms with van der Waals surface area (Å²) in [5.74, 6) is 0.697. The third-order valence-corrected chi connectivity index (χ3v) is 6.12. The summed E-state index contributed by atoms with van der Waals surface area (Å²) in [4.78, 5) is 10.8. The Morgan fingerprint density at radius 1 is 1.22 bits per heavy atom. The van der Waals surface area contributed by atoms with Crippen molar-refractivity contribution in [1.82, 2.24) is 9.44 Å². The summed E-state index contributed by atoms with van der Waals surface area (Å²) in [5, 5.41) is 19.6. The van der Waals surface area contributed by atoms with Crippen LogP contribution in [0.2, 0.25) is 0 Å². The maximum Gasteiger partial charge on any atom is 0.227 e. The Balaban J connectivity index is 1.55. The highest BCUT2D eigenvalue weighted by atomic mass is 32.2. The van der Waals surface area contributed by atoms with Gasteiger partial charge in [0.2, 0.25) is 5.91 Å². The van der Waals surface area contributed by atoms with Crippen molar-refractivity contribution >= 4 is 18.0 Å². The molecule has 0 bridgehead atoms. The molecule has 0 saturated carbocycles. The van der Waals surface area contributed by atoms with Crippen LogP contribution in [-0.2, 0) is 16.0 Å². The first-order chi connectivity index (χ1) is 15.4. The first kappa shape index (κ1) is 24.5. The summed E-state index contributed by atoms with van der Waals surface area (Å²) >= 11 is 1.15. The van der Waals surface area contributed by atoms with Crippen molar-refractivity contribution in [1.29, 1.82) is 0 Å². The average molecular weight is 461 g/mol. The molecule has 3 rings (SSSR count). The molecule has 8 heteroatoms. The summed E-state index contributed by atoms with van der Waals surface area (Å²) in [7, 11) is 0. The van der Waals surface area contributed by atoms with E-state index in [0.717, 1.165) is 29.9 Å². The number of benzene rings is 2. The summed E-state index contributed by atoms with van der Waals surface area (Å²) < 4.78 is 17.3. The van der Waals surface area contributed by atoms with Crippen molar-refractivity contribution < 1.29 is 24.5 Å². The van der Waals surface area contributed by atoms with Crippen LogP contribution in [0.15, 0.2) is 42.5 Å². The zero-order valence-corrected chi connectivity index (χ0v) is 19.4. The summed E-state index contributed by atoms with van der Waals surface area (Å²) in [6, 6.07) is 14.3. The number of aliphatic hydroxyl groups is 2. The molecule has 1 amide bonds. The van der Waals surface area contributed by atoms with E-state index in [1.54, 1.807) is 0 Å². The minimum atomic E-state index is -0.456. The van der Waals surface area contributed by atoms with Crippen LogP contribution >= 0.6 is 12.1 Å². The van der Waals surface area contributed by atoms with Crippen LogP contribution in [-0.4, -0.2) is 48.1 Å². The quantitative estimate of drug-likeness (QED) is 0.320. The molecule has 0 spiro atoms. The topological polar surface area (TPSA) is 100 Å². The number of amides is 1. The molecular weight excluding hydrogens is 428 g/mol. The van der Waals surface area contributed by atoms with Crippen LogP contribution < -0.4 is 14.2 Å². The third kappa shape index (κ3) is 7.50. The molecule has 0 aromatic heterocycles. The second-order valence-electron chi connectivity index (χ2n) is 8.06. The lowest BCUT2D eigenvalue weighted by Crippen LogP contribution is -2.33. The number of ether oxygens (including phenoxy) is 2. The lowest BCUT2D eigenvalue weighted by Gasteiger charge is -2.32. The molecule has 1 aliphatic heterocycles. The van der Waals surface area contributed by atoms with Gasteiger partial charge in [-0.2, -0.15) is 0 Å². The van der Waals surface area contributed by atoms with E-state index in [4.69, 9.17) is 9.47 Å². The molecule has 3 unspecified atom stereocenters. The molecule has 1 aliphatic rings. The van der Waals surface area contributed by atoms with Gasteiger partial charge in [-0.1, -0.05) is 30.3 Å². The first-order valence-electron chi connectivity index (χ1n) is 10.9. The highest BCUT2D eigenvalue weighted by Crippen LogP contribution is 2.32. The van der Waals surface area contributed by atoms with Gasteiger partial charge >= 0.3 is 0 Å². The van der Waals surface area contributed by atoms with Crippen molar-refractivity contribution in [3.63, 3.8) is 0 Å². The molecule has 1 fully saturated rings. The Bertz CT molecular complexity index is 877. The predicted molar refractivity (Wildman–Crippen MR) is 125 cm³/mol. The molecule has 2 aromatic carbocycles. The van der Waals surface area contributed by atoms with Gasteiger partial charge in [0.05, 0.1) is 24.9 Å². The second kappa shape index (κ2) is 12.2. The number of carbonyl (C=O) groups is 1. The van der Waals surface area contributed by atoms with Crippen LogP contribution in [0.1, 0.15) is 48.1 Å². The molecular formula is C24H32N2O5S. The van der Waals surface area contributed by atoms with Gasteiger partial charge in [-0.25, -0.2) is 4.72 Å². The van der Waals surface area contributed by atoms with Crippen molar-refractivity contribution in [2.24, 2.45) is 0 Å². The monoisotopic (exact) mass is 460 g/mol. The average Bonchev–Trinajstić information content (AvgIpc) is 2.78. The third-order valence-electron chi connectivity index (χ3n) is 5.38. The van der Waals surface area contributed by atoms with E-state index in [1.807, 2.05) is 18.2 Å². The fourth-order valence-corrected chi connectivity index (χ4v) is 4.10. The maximum atomic E-state index is 10.8. The fourth-order valence-electron chi connectivity index (χ4n) is 3.70. The molecule has 7 nitrogen and oxygen atoms in total. The molecule has 0 radical (unpaired) electrons. The smallest absolute Gasteiger partial charge is 0.227 e. The molecule has 1 saturated heterocycles. The van der Waals surface area contributed by atoms with Crippen molar-refractivity contribution in [2.45, 2.75) is 51.4 Å². The zero-order valence-electron chi connectivity index (χ0n) is 18.5. The van der Waals surface area contributed by atoms with Crippen LogP contribution in [0.5, 0.6) is 5.75 Å². The summed E-state index contributed by atoms with van der Waals surface area (Å²) in [5.41, 5.74) is 4.62. The van der Waals surface area contributed by atoms with E-state index in [-0.39, 0.29) is 24.7 Å². The van der Waals surface area contributed by atoms with Crippen LogP contribution in [0.4, 0.5) is 0 Å². The summed E-state index contributed by atoms with van der Waals surface area (Å²) in [6.07, 6.45) is 0.826. The molecule has 1 heterocycles. The highest BCUT2D eigenvalue weighted by molar-refractivity contribution is 7.96. The number of aliphatic hydroxyl groups excluding tert-OH is 2. The van der Waals surface area contributed by atoms with Gasteiger partial charge in [-0.15, -0.1) is 0 Å². The maximum absolute atomic E-state index is 10.8. The zero-order chi connectivity index (χ0) is 22.9. The first-order valence-corrected chi connectivity index (χ1v) is 11.7. The molecule has 2 aromatic rings. The Kier molecular flexibility index (Phi) is 9.37. The van der Waals surface area contributed by atoms with Crippen LogP contribution in [0, 0.1) is 6.92 Å². The van der Waals surface area contributed by atoms with E-state index in [2.05, 4.69) is 40.6 Å². The van der Waals surface area contributed by atoms with Crippen molar-refractivity contribution in [3.05, 3.63) is 64.7 Å². The molecule has 3 atom stereocenters. The molecule has 0 aliphatic carbocycles. The number of hydrogen-bond donors (Lipinski definition) is 4. The number of hydrogen-bond acceptors (Lipinski definition) is 7. The van der Waals surface area contributed by atoms with Gasteiger partial charge in [0.15, 0.2) is 0 Å².